The molecule has 0 aromatic heterocycles. The van der Waals surface area contributed by atoms with Crippen LogP contribution in [0.25, 0.3) is 0 Å². The van der Waals surface area contributed by atoms with Gasteiger partial charge in [0.2, 0.25) is 0 Å². The molecule has 2 atom stereocenters. The van der Waals surface area contributed by atoms with Crippen molar-refractivity contribution in [2.75, 3.05) is 19.6 Å². The molecule has 52 valence electrons. The molecule has 2 saturated heterocycles. The molecule has 2 heteroatoms. The molecule has 0 aromatic carbocycles. The van der Waals surface area contributed by atoms with Crippen molar-refractivity contribution in [1.82, 2.24) is 10.6 Å². The lowest BCUT2D eigenvalue weighted by Gasteiger charge is -2.25. The minimum Gasteiger partial charge on any atom is -0.315 e. The number of hydrogen-bond acceptors (Lipinski definition) is 2. The minimum absolute atomic E-state index is 0.804. The van der Waals surface area contributed by atoms with Crippen LogP contribution in [0.5, 0.6) is 0 Å². The van der Waals surface area contributed by atoms with Gasteiger partial charge >= 0.3 is 0 Å². The third-order valence-electron chi connectivity index (χ3n) is 2.55. The molecule has 0 radical (unpaired) electrons. The van der Waals surface area contributed by atoms with Gasteiger partial charge in [-0.05, 0) is 31.8 Å². The Balaban J connectivity index is 1.97. The van der Waals surface area contributed by atoms with Gasteiger partial charge < -0.3 is 10.6 Å². The average Bonchev–Trinajstić information content (AvgIpc) is 2.33. The molecule has 2 N–H and O–H groups in total. The first-order valence-electron chi connectivity index (χ1n) is 3.91. The van der Waals surface area contributed by atoms with Crippen LogP contribution in [0.4, 0.5) is 0 Å². The molecule has 2 aliphatic heterocycles. The molecule has 0 unspecified atom stereocenters. The summed E-state index contributed by atoms with van der Waals surface area (Å²) < 4.78 is 0. The van der Waals surface area contributed by atoms with Crippen LogP contribution in [-0.4, -0.2) is 25.7 Å². The molecule has 2 fully saturated rings. The summed E-state index contributed by atoms with van der Waals surface area (Å²) in [6, 6.07) is 0.804. The molecule has 0 bridgehead atoms. The van der Waals surface area contributed by atoms with Gasteiger partial charge in [0.05, 0.1) is 0 Å². The molecule has 0 aromatic rings. The second kappa shape index (κ2) is 2.27. The van der Waals surface area contributed by atoms with Crippen molar-refractivity contribution in [2.45, 2.75) is 18.9 Å². The average molecular weight is 126 g/mol. The fourth-order valence-corrected chi connectivity index (χ4v) is 1.95. The lowest BCUT2D eigenvalue weighted by Crippen LogP contribution is -2.43. The van der Waals surface area contributed by atoms with Gasteiger partial charge in [0.15, 0.2) is 0 Å². The summed E-state index contributed by atoms with van der Waals surface area (Å²) in [5, 5.41) is 6.89. The van der Waals surface area contributed by atoms with Crippen LogP contribution in [0.1, 0.15) is 12.8 Å². The van der Waals surface area contributed by atoms with Crippen molar-refractivity contribution in [3.63, 3.8) is 0 Å². The number of rotatable bonds is 0. The van der Waals surface area contributed by atoms with Crippen LogP contribution in [0.15, 0.2) is 0 Å². The molecule has 9 heavy (non-hydrogen) atoms. The fourth-order valence-electron chi connectivity index (χ4n) is 1.95. The molecular formula is C7H14N2. The van der Waals surface area contributed by atoms with Crippen LogP contribution in [0, 0.1) is 5.92 Å². The maximum atomic E-state index is 3.50. The summed E-state index contributed by atoms with van der Waals surface area (Å²) in [6.07, 6.45) is 2.80. The molecule has 2 rings (SSSR count). The third kappa shape index (κ3) is 0.970. The Labute approximate surface area is 56.0 Å². The van der Waals surface area contributed by atoms with Gasteiger partial charge in [0.25, 0.3) is 0 Å². The van der Waals surface area contributed by atoms with E-state index in [1.54, 1.807) is 0 Å². The highest BCUT2D eigenvalue weighted by Gasteiger charge is 2.28. The first-order chi connectivity index (χ1) is 4.47. The van der Waals surface area contributed by atoms with E-state index in [4.69, 9.17) is 0 Å². The van der Waals surface area contributed by atoms with E-state index in [-0.39, 0.29) is 0 Å². The first kappa shape index (κ1) is 5.69. The quantitative estimate of drug-likeness (QED) is 0.476. The number of nitrogens with one attached hydrogen (secondary N) is 2. The normalized spacial score (nSPS) is 42.7. The maximum absolute atomic E-state index is 3.50. The van der Waals surface area contributed by atoms with Crippen molar-refractivity contribution in [1.29, 1.82) is 0 Å². The zero-order valence-corrected chi connectivity index (χ0v) is 5.69. The summed E-state index contributed by atoms with van der Waals surface area (Å²) >= 11 is 0. The van der Waals surface area contributed by atoms with E-state index in [1.807, 2.05) is 0 Å². The lowest BCUT2D eigenvalue weighted by molar-refractivity contribution is 0.343. The van der Waals surface area contributed by atoms with Crippen LogP contribution in [0.2, 0.25) is 0 Å². The molecule has 0 spiro atoms. The van der Waals surface area contributed by atoms with Gasteiger partial charge in [0, 0.05) is 12.6 Å². The Morgan fingerprint density at radius 3 is 2.89 bits per heavy atom. The van der Waals surface area contributed by atoms with Crippen molar-refractivity contribution in [3.05, 3.63) is 0 Å². The van der Waals surface area contributed by atoms with Crippen LogP contribution in [0.3, 0.4) is 0 Å². The monoisotopic (exact) mass is 126 g/mol. The Morgan fingerprint density at radius 2 is 2.00 bits per heavy atom. The van der Waals surface area contributed by atoms with Gasteiger partial charge in [-0.15, -0.1) is 0 Å². The summed E-state index contributed by atoms with van der Waals surface area (Å²) in [7, 11) is 0. The largest absolute Gasteiger partial charge is 0.315 e. The highest BCUT2D eigenvalue weighted by atomic mass is 15.0. The van der Waals surface area contributed by atoms with Gasteiger partial charge in [-0.3, -0.25) is 0 Å². The highest BCUT2D eigenvalue weighted by Crippen LogP contribution is 2.20. The van der Waals surface area contributed by atoms with Gasteiger partial charge in [0.1, 0.15) is 0 Å². The van der Waals surface area contributed by atoms with Crippen molar-refractivity contribution >= 4 is 0 Å². The first-order valence-corrected chi connectivity index (χ1v) is 3.91. The van der Waals surface area contributed by atoms with Gasteiger partial charge in [-0.1, -0.05) is 0 Å². The predicted molar refractivity (Wildman–Crippen MR) is 37.4 cm³/mol. The zero-order chi connectivity index (χ0) is 6.10. The van der Waals surface area contributed by atoms with Crippen molar-refractivity contribution in [2.24, 2.45) is 5.92 Å². The van der Waals surface area contributed by atoms with E-state index in [9.17, 15) is 0 Å². The highest BCUT2D eigenvalue weighted by molar-refractivity contribution is 4.88. The van der Waals surface area contributed by atoms with Crippen LogP contribution < -0.4 is 10.6 Å². The Bertz CT molecular complexity index is 91.1. The smallest absolute Gasteiger partial charge is 0.0221 e. The lowest BCUT2D eigenvalue weighted by atomic mass is 9.94. The topological polar surface area (TPSA) is 24.1 Å². The van der Waals surface area contributed by atoms with Crippen LogP contribution >= 0.6 is 0 Å². The summed E-state index contributed by atoms with van der Waals surface area (Å²) in [5.41, 5.74) is 0. The molecule has 0 saturated carbocycles. The van der Waals surface area contributed by atoms with E-state index in [0.717, 1.165) is 12.0 Å². The Morgan fingerprint density at radius 1 is 1.11 bits per heavy atom. The molecule has 0 amide bonds. The zero-order valence-electron chi connectivity index (χ0n) is 5.69. The van der Waals surface area contributed by atoms with Crippen LogP contribution in [-0.2, 0) is 0 Å². The van der Waals surface area contributed by atoms with Gasteiger partial charge in [-0.25, -0.2) is 0 Å². The second-order valence-corrected chi connectivity index (χ2v) is 3.10. The number of piperidine rings is 1. The third-order valence-corrected chi connectivity index (χ3v) is 2.55. The van der Waals surface area contributed by atoms with E-state index >= 15 is 0 Å². The van der Waals surface area contributed by atoms with Gasteiger partial charge in [-0.2, -0.15) is 0 Å². The summed E-state index contributed by atoms with van der Waals surface area (Å²) in [6.45, 7) is 3.69. The van der Waals surface area contributed by atoms with Crippen molar-refractivity contribution < 1.29 is 0 Å². The van der Waals surface area contributed by atoms with E-state index in [2.05, 4.69) is 10.6 Å². The van der Waals surface area contributed by atoms with E-state index in [1.165, 1.54) is 32.5 Å². The van der Waals surface area contributed by atoms with E-state index < -0.39 is 0 Å². The summed E-state index contributed by atoms with van der Waals surface area (Å²) in [5.74, 6) is 0.992. The molecule has 0 aliphatic carbocycles. The fraction of sp³-hybridized carbons (Fsp3) is 1.00. The Hall–Kier alpha value is -0.0800. The van der Waals surface area contributed by atoms with E-state index in [0.29, 0.717) is 0 Å². The second-order valence-electron chi connectivity index (χ2n) is 3.10. The molecule has 2 nitrogen and oxygen atoms in total. The SMILES string of the molecule is C1C[C@H]2CCN[C@H]2CN1. The molecule has 2 heterocycles. The maximum Gasteiger partial charge on any atom is 0.0221 e. The predicted octanol–water partition coefficient (Wildman–Crippen LogP) is -0.0422. The standard InChI is InChI=1S/C7H14N2/c1-3-8-5-7-6(1)2-4-9-7/h6-9H,1-5H2/t6-,7-/m0/s1. The van der Waals surface area contributed by atoms with Crippen molar-refractivity contribution in [3.8, 4) is 0 Å². The summed E-state index contributed by atoms with van der Waals surface area (Å²) in [4.78, 5) is 0. The number of hydrogen-bond donors (Lipinski definition) is 2. The number of fused-ring (bicyclic) bond motifs is 1. The molecule has 2 aliphatic rings. The molecular weight excluding hydrogens is 112 g/mol. The minimum atomic E-state index is 0.804. The Kier molecular flexibility index (Phi) is 1.44.